The zero-order chi connectivity index (χ0) is 11.8. The third kappa shape index (κ3) is 1.95. The highest BCUT2D eigenvalue weighted by Crippen LogP contribution is 2.46. The van der Waals surface area contributed by atoms with E-state index in [1.165, 1.54) is 0 Å². The number of ether oxygens (including phenoxy) is 2. The molecule has 0 radical (unpaired) electrons. The summed E-state index contributed by atoms with van der Waals surface area (Å²) in [5.74, 6) is -0.277. The van der Waals surface area contributed by atoms with Gasteiger partial charge in [-0.3, -0.25) is 0 Å². The van der Waals surface area contributed by atoms with Gasteiger partial charge in [-0.25, -0.2) is 4.79 Å². The van der Waals surface area contributed by atoms with Crippen LogP contribution in [0.3, 0.4) is 0 Å². The molecule has 0 aliphatic carbocycles. The Kier molecular flexibility index (Phi) is 2.72. The Bertz CT molecular complexity index is 385. The van der Waals surface area contributed by atoms with Crippen molar-refractivity contribution in [3.05, 3.63) is 35.9 Å². The summed E-state index contributed by atoms with van der Waals surface area (Å²) < 4.78 is 10.6. The molecule has 0 amide bonds. The molecule has 1 aliphatic heterocycles. The highest BCUT2D eigenvalue weighted by atomic mass is 16.7. The molecule has 1 aromatic rings. The average molecular weight is 220 g/mol. The molecular weight excluding hydrogens is 204 g/mol. The lowest BCUT2D eigenvalue weighted by atomic mass is 9.97. The number of epoxide rings is 1. The van der Waals surface area contributed by atoms with Crippen LogP contribution in [0, 0.1) is 0 Å². The second-order valence-corrected chi connectivity index (χ2v) is 4.46. The summed E-state index contributed by atoms with van der Waals surface area (Å²) in [6, 6.07) is 9.74. The minimum atomic E-state index is -0.507. The molecule has 1 aromatic carbocycles. The highest BCUT2D eigenvalue weighted by Gasteiger charge is 2.59. The average Bonchev–Trinajstić information content (AvgIpc) is 2.93. The Balaban J connectivity index is 2.07. The summed E-state index contributed by atoms with van der Waals surface area (Å²) in [4.78, 5) is 11.7. The van der Waals surface area contributed by atoms with Gasteiger partial charge in [0.25, 0.3) is 0 Å². The van der Waals surface area contributed by atoms with Crippen LogP contribution < -0.4 is 0 Å². The molecule has 3 nitrogen and oxygen atoms in total. The van der Waals surface area contributed by atoms with Crippen molar-refractivity contribution < 1.29 is 14.3 Å². The molecule has 0 spiro atoms. The van der Waals surface area contributed by atoms with Gasteiger partial charge in [-0.1, -0.05) is 30.3 Å². The number of carbonyl (C=O) groups excluding carboxylic acids is 1. The SMILES string of the molecule is CC(C)OC(=O)[C@H]1O[C@@]1(C)c1ccccc1. The number of hydrogen-bond donors (Lipinski definition) is 0. The first-order valence-corrected chi connectivity index (χ1v) is 5.48. The molecule has 2 rings (SSSR count). The lowest BCUT2D eigenvalue weighted by Crippen LogP contribution is -2.21. The largest absolute Gasteiger partial charge is 0.461 e. The van der Waals surface area contributed by atoms with Gasteiger partial charge in [0, 0.05) is 0 Å². The molecule has 1 saturated heterocycles. The summed E-state index contributed by atoms with van der Waals surface area (Å²) in [5.41, 5.74) is 0.508. The second kappa shape index (κ2) is 3.91. The quantitative estimate of drug-likeness (QED) is 0.579. The van der Waals surface area contributed by atoms with Crippen molar-refractivity contribution in [1.82, 2.24) is 0 Å². The van der Waals surface area contributed by atoms with Crippen LogP contribution in [0.5, 0.6) is 0 Å². The first kappa shape index (κ1) is 11.1. The lowest BCUT2D eigenvalue weighted by molar-refractivity contribution is -0.148. The van der Waals surface area contributed by atoms with Gasteiger partial charge < -0.3 is 9.47 Å². The molecule has 0 aromatic heterocycles. The van der Waals surface area contributed by atoms with Crippen LogP contribution in [0.1, 0.15) is 26.3 Å². The number of benzene rings is 1. The van der Waals surface area contributed by atoms with Crippen LogP contribution in [0.2, 0.25) is 0 Å². The van der Waals surface area contributed by atoms with E-state index < -0.39 is 11.7 Å². The molecule has 0 saturated carbocycles. The van der Waals surface area contributed by atoms with E-state index in [1.54, 1.807) is 0 Å². The lowest BCUT2D eigenvalue weighted by Gasteiger charge is -2.08. The Morgan fingerprint density at radius 1 is 1.38 bits per heavy atom. The first-order valence-electron chi connectivity index (χ1n) is 5.48. The van der Waals surface area contributed by atoms with Crippen LogP contribution >= 0.6 is 0 Å². The summed E-state index contributed by atoms with van der Waals surface area (Å²) >= 11 is 0. The molecule has 86 valence electrons. The van der Waals surface area contributed by atoms with Crippen LogP contribution in [-0.2, 0) is 19.9 Å². The zero-order valence-corrected chi connectivity index (χ0v) is 9.77. The normalized spacial score (nSPS) is 27.9. The van der Waals surface area contributed by atoms with Crippen LogP contribution in [0.4, 0.5) is 0 Å². The fourth-order valence-electron chi connectivity index (χ4n) is 1.77. The van der Waals surface area contributed by atoms with Crippen LogP contribution in [0.25, 0.3) is 0 Å². The van der Waals surface area contributed by atoms with Gasteiger partial charge in [-0.2, -0.15) is 0 Å². The molecule has 1 heterocycles. The van der Waals surface area contributed by atoms with Gasteiger partial charge in [-0.15, -0.1) is 0 Å². The Morgan fingerprint density at radius 3 is 2.56 bits per heavy atom. The maximum absolute atomic E-state index is 11.7. The number of hydrogen-bond acceptors (Lipinski definition) is 3. The fraction of sp³-hybridized carbons (Fsp3) is 0.462. The predicted molar refractivity (Wildman–Crippen MR) is 59.9 cm³/mol. The van der Waals surface area contributed by atoms with Crippen molar-refractivity contribution in [2.45, 2.75) is 38.6 Å². The number of esters is 1. The van der Waals surface area contributed by atoms with E-state index in [0.29, 0.717) is 0 Å². The second-order valence-electron chi connectivity index (χ2n) is 4.46. The van der Waals surface area contributed by atoms with Crippen molar-refractivity contribution in [3.8, 4) is 0 Å². The van der Waals surface area contributed by atoms with Gasteiger partial charge in [0.15, 0.2) is 6.10 Å². The van der Waals surface area contributed by atoms with Gasteiger partial charge in [0.2, 0.25) is 0 Å². The van der Waals surface area contributed by atoms with E-state index in [2.05, 4.69) is 0 Å². The van der Waals surface area contributed by atoms with E-state index in [0.717, 1.165) is 5.56 Å². The molecule has 3 heteroatoms. The van der Waals surface area contributed by atoms with Crippen molar-refractivity contribution in [2.24, 2.45) is 0 Å². The van der Waals surface area contributed by atoms with Gasteiger partial charge in [0.1, 0.15) is 5.60 Å². The molecule has 0 N–H and O–H groups in total. The van der Waals surface area contributed by atoms with Crippen molar-refractivity contribution >= 4 is 5.97 Å². The Labute approximate surface area is 95.4 Å². The van der Waals surface area contributed by atoms with E-state index in [9.17, 15) is 4.79 Å². The third-order valence-electron chi connectivity index (χ3n) is 2.72. The standard InChI is InChI=1S/C13H16O3/c1-9(2)15-12(14)11-13(3,16-11)10-7-5-4-6-8-10/h4-9,11H,1-3H3/t11-,13+/m1/s1. The van der Waals surface area contributed by atoms with Crippen LogP contribution in [0.15, 0.2) is 30.3 Å². The summed E-state index contributed by atoms with van der Waals surface area (Å²) in [5, 5.41) is 0. The van der Waals surface area contributed by atoms with E-state index >= 15 is 0 Å². The monoisotopic (exact) mass is 220 g/mol. The zero-order valence-electron chi connectivity index (χ0n) is 9.77. The fourth-order valence-corrected chi connectivity index (χ4v) is 1.77. The molecule has 1 fully saturated rings. The topological polar surface area (TPSA) is 38.8 Å². The Morgan fingerprint density at radius 2 is 2.00 bits per heavy atom. The highest BCUT2D eigenvalue weighted by molar-refractivity contribution is 5.80. The molecule has 16 heavy (non-hydrogen) atoms. The van der Waals surface area contributed by atoms with Gasteiger partial charge in [0.05, 0.1) is 6.10 Å². The molecule has 0 unspecified atom stereocenters. The van der Waals surface area contributed by atoms with E-state index in [4.69, 9.17) is 9.47 Å². The van der Waals surface area contributed by atoms with Crippen molar-refractivity contribution in [1.29, 1.82) is 0 Å². The molecule has 2 atom stereocenters. The van der Waals surface area contributed by atoms with Gasteiger partial charge in [-0.05, 0) is 26.3 Å². The van der Waals surface area contributed by atoms with E-state index in [-0.39, 0.29) is 12.1 Å². The maximum atomic E-state index is 11.7. The van der Waals surface area contributed by atoms with Crippen LogP contribution in [-0.4, -0.2) is 18.2 Å². The third-order valence-corrected chi connectivity index (χ3v) is 2.72. The molecular formula is C13H16O3. The molecule has 0 bridgehead atoms. The maximum Gasteiger partial charge on any atom is 0.338 e. The number of rotatable bonds is 3. The smallest absolute Gasteiger partial charge is 0.338 e. The Hall–Kier alpha value is -1.35. The summed E-state index contributed by atoms with van der Waals surface area (Å²) in [6.07, 6.45) is -0.561. The molecule has 1 aliphatic rings. The minimum absolute atomic E-state index is 0.100. The first-order chi connectivity index (χ1) is 7.54. The minimum Gasteiger partial charge on any atom is -0.461 e. The summed E-state index contributed by atoms with van der Waals surface area (Å²) in [7, 11) is 0. The van der Waals surface area contributed by atoms with Gasteiger partial charge >= 0.3 is 5.97 Å². The predicted octanol–water partition coefficient (Wildman–Crippen LogP) is 2.25. The van der Waals surface area contributed by atoms with E-state index in [1.807, 2.05) is 51.1 Å². The summed E-state index contributed by atoms with van der Waals surface area (Å²) in [6.45, 7) is 5.58. The van der Waals surface area contributed by atoms with Crippen molar-refractivity contribution in [2.75, 3.05) is 0 Å². The van der Waals surface area contributed by atoms with Crippen molar-refractivity contribution in [3.63, 3.8) is 0 Å². The number of carbonyl (C=O) groups is 1.